The number of benzene rings is 2. The lowest BCUT2D eigenvalue weighted by atomic mass is 10.1. The van der Waals surface area contributed by atoms with Crippen LogP contribution < -0.4 is 10.9 Å². The SMILES string of the molecule is Cc1ccc(NC(=O)Cn2cnc3c(nnn3-c3ccccc3)c2=O)c(C)c1. The Kier molecular flexibility index (Phi) is 4.44. The van der Waals surface area contributed by atoms with Crippen molar-refractivity contribution in [2.75, 3.05) is 5.32 Å². The fourth-order valence-corrected chi connectivity index (χ4v) is 3.00. The van der Waals surface area contributed by atoms with Crippen molar-refractivity contribution in [1.29, 1.82) is 0 Å². The summed E-state index contributed by atoms with van der Waals surface area (Å²) >= 11 is 0. The fourth-order valence-electron chi connectivity index (χ4n) is 3.00. The number of nitrogens with zero attached hydrogens (tertiary/aromatic N) is 5. The molecule has 2 aromatic carbocycles. The van der Waals surface area contributed by atoms with Gasteiger partial charge in [0.2, 0.25) is 5.91 Å². The molecule has 0 bridgehead atoms. The Morgan fingerprint density at radius 1 is 1.11 bits per heavy atom. The summed E-state index contributed by atoms with van der Waals surface area (Å²) in [4.78, 5) is 29.4. The summed E-state index contributed by atoms with van der Waals surface area (Å²) in [7, 11) is 0. The lowest BCUT2D eigenvalue weighted by Gasteiger charge is -2.10. The van der Waals surface area contributed by atoms with E-state index in [1.54, 1.807) is 0 Å². The molecule has 0 atom stereocenters. The third kappa shape index (κ3) is 3.27. The lowest BCUT2D eigenvalue weighted by Crippen LogP contribution is -2.28. The number of carbonyl (C=O) groups excluding carboxylic acids is 1. The minimum Gasteiger partial charge on any atom is -0.324 e. The van der Waals surface area contributed by atoms with Gasteiger partial charge in [-0.05, 0) is 37.6 Å². The van der Waals surface area contributed by atoms with E-state index in [1.165, 1.54) is 15.6 Å². The summed E-state index contributed by atoms with van der Waals surface area (Å²) in [6.45, 7) is 3.75. The van der Waals surface area contributed by atoms with Crippen LogP contribution in [0.4, 0.5) is 5.69 Å². The molecule has 0 saturated carbocycles. The average Bonchev–Trinajstić information content (AvgIpc) is 3.12. The number of nitrogens with one attached hydrogen (secondary N) is 1. The Bertz CT molecular complexity index is 1230. The van der Waals surface area contributed by atoms with E-state index < -0.39 is 5.56 Å². The minimum absolute atomic E-state index is 0.116. The Labute approximate surface area is 160 Å². The molecule has 2 heterocycles. The van der Waals surface area contributed by atoms with Gasteiger partial charge in [0.1, 0.15) is 12.9 Å². The highest BCUT2D eigenvalue weighted by molar-refractivity contribution is 5.91. The Morgan fingerprint density at radius 3 is 2.64 bits per heavy atom. The highest BCUT2D eigenvalue weighted by Gasteiger charge is 2.15. The molecule has 8 nitrogen and oxygen atoms in total. The van der Waals surface area contributed by atoms with E-state index in [0.717, 1.165) is 16.8 Å². The average molecular weight is 374 g/mol. The monoisotopic (exact) mass is 374 g/mol. The van der Waals surface area contributed by atoms with Crippen molar-refractivity contribution in [1.82, 2.24) is 24.5 Å². The van der Waals surface area contributed by atoms with Crippen molar-refractivity contribution in [3.63, 3.8) is 0 Å². The van der Waals surface area contributed by atoms with Gasteiger partial charge in [0.05, 0.1) is 5.69 Å². The van der Waals surface area contributed by atoms with Crippen molar-refractivity contribution in [3.8, 4) is 5.69 Å². The molecule has 0 aliphatic rings. The van der Waals surface area contributed by atoms with Crippen molar-refractivity contribution in [3.05, 3.63) is 76.3 Å². The topological polar surface area (TPSA) is 94.7 Å². The first-order valence-corrected chi connectivity index (χ1v) is 8.76. The van der Waals surface area contributed by atoms with E-state index in [-0.39, 0.29) is 18.0 Å². The molecule has 0 fully saturated rings. The summed E-state index contributed by atoms with van der Waals surface area (Å²) < 4.78 is 2.72. The van der Waals surface area contributed by atoms with E-state index in [9.17, 15) is 9.59 Å². The van der Waals surface area contributed by atoms with E-state index in [0.29, 0.717) is 11.3 Å². The molecule has 8 heteroatoms. The van der Waals surface area contributed by atoms with Gasteiger partial charge >= 0.3 is 0 Å². The zero-order valence-corrected chi connectivity index (χ0v) is 15.5. The molecule has 0 aliphatic carbocycles. The van der Waals surface area contributed by atoms with Crippen LogP contribution in [0.15, 0.2) is 59.7 Å². The molecular weight excluding hydrogens is 356 g/mol. The molecule has 0 radical (unpaired) electrons. The van der Waals surface area contributed by atoms with Gasteiger partial charge in [0.15, 0.2) is 11.2 Å². The molecule has 4 rings (SSSR count). The lowest BCUT2D eigenvalue weighted by molar-refractivity contribution is -0.116. The number of hydrogen-bond acceptors (Lipinski definition) is 5. The minimum atomic E-state index is -0.414. The first-order chi connectivity index (χ1) is 13.5. The van der Waals surface area contributed by atoms with Crippen LogP contribution in [0.25, 0.3) is 16.9 Å². The van der Waals surface area contributed by atoms with E-state index in [2.05, 4.69) is 20.6 Å². The summed E-state index contributed by atoms with van der Waals surface area (Å²) in [6.07, 6.45) is 1.34. The van der Waals surface area contributed by atoms with Crippen LogP contribution in [0.3, 0.4) is 0 Å². The molecule has 2 aromatic heterocycles. The first kappa shape index (κ1) is 17.6. The second kappa shape index (κ2) is 7.07. The molecule has 0 spiro atoms. The Balaban J connectivity index is 1.60. The number of aromatic nitrogens is 5. The molecule has 1 N–H and O–H groups in total. The van der Waals surface area contributed by atoms with Crippen LogP contribution in [-0.2, 0) is 11.3 Å². The highest BCUT2D eigenvalue weighted by Crippen LogP contribution is 2.16. The van der Waals surface area contributed by atoms with Gasteiger partial charge in [-0.1, -0.05) is 41.1 Å². The second-order valence-corrected chi connectivity index (χ2v) is 6.55. The summed E-state index contributed by atoms with van der Waals surface area (Å²) in [5.41, 5.74) is 3.59. The van der Waals surface area contributed by atoms with Crippen LogP contribution >= 0.6 is 0 Å². The molecule has 4 aromatic rings. The number of amides is 1. The maximum absolute atomic E-state index is 12.7. The van der Waals surface area contributed by atoms with Crippen molar-refractivity contribution in [2.24, 2.45) is 0 Å². The third-order valence-electron chi connectivity index (χ3n) is 4.40. The van der Waals surface area contributed by atoms with Crippen molar-refractivity contribution >= 4 is 22.8 Å². The van der Waals surface area contributed by atoms with Gasteiger partial charge in [0.25, 0.3) is 5.56 Å². The molecule has 140 valence electrons. The number of para-hydroxylation sites is 1. The Hall–Kier alpha value is -3.81. The van der Waals surface area contributed by atoms with Crippen LogP contribution in [0.2, 0.25) is 0 Å². The van der Waals surface area contributed by atoms with E-state index >= 15 is 0 Å². The molecule has 0 unspecified atom stereocenters. The Morgan fingerprint density at radius 2 is 1.89 bits per heavy atom. The zero-order valence-electron chi connectivity index (χ0n) is 15.5. The number of fused-ring (bicyclic) bond motifs is 1. The molecule has 0 saturated heterocycles. The fraction of sp³-hybridized carbons (Fsp3) is 0.150. The zero-order chi connectivity index (χ0) is 19.7. The number of carbonyl (C=O) groups is 1. The molecule has 0 aliphatic heterocycles. The van der Waals surface area contributed by atoms with Crippen molar-refractivity contribution in [2.45, 2.75) is 20.4 Å². The summed E-state index contributed by atoms with van der Waals surface area (Å²) in [6, 6.07) is 15.1. The largest absolute Gasteiger partial charge is 0.324 e. The van der Waals surface area contributed by atoms with Crippen molar-refractivity contribution < 1.29 is 4.79 Å². The third-order valence-corrected chi connectivity index (χ3v) is 4.40. The predicted octanol–water partition coefficient (Wildman–Crippen LogP) is 2.23. The second-order valence-electron chi connectivity index (χ2n) is 6.55. The van der Waals surface area contributed by atoms with Crippen LogP contribution in [0.1, 0.15) is 11.1 Å². The maximum Gasteiger partial charge on any atom is 0.284 e. The van der Waals surface area contributed by atoms with Crippen LogP contribution in [-0.4, -0.2) is 30.5 Å². The maximum atomic E-state index is 12.7. The normalized spacial score (nSPS) is 10.9. The number of hydrogen-bond donors (Lipinski definition) is 1. The summed E-state index contributed by atoms with van der Waals surface area (Å²) in [5.74, 6) is -0.314. The summed E-state index contributed by atoms with van der Waals surface area (Å²) in [5, 5.41) is 10.8. The number of anilines is 1. The predicted molar refractivity (Wildman–Crippen MR) is 105 cm³/mol. The van der Waals surface area contributed by atoms with Gasteiger partial charge in [-0.3, -0.25) is 14.2 Å². The first-order valence-electron chi connectivity index (χ1n) is 8.76. The molecule has 1 amide bonds. The van der Waals surface area contributed by atoms with Gasteiger partial charge in [-0.15, -0.1) is 5.10 Å². The van der Waals surface area contributed by atoms with Gasteiger partial charge in [-0.25, -0.2) is 4.98 Å². The highest BCUT2D eigenvalue weighted by atomic mass is 16.2. The quantitative estimate of drug-likeness (QED) is 0.591. The molecular formula is C20H18N6O2. The smallest absolute Gasteiger partial charge is 0.284 e. The van der Waals surface area contributed by atoms with Gasteiger partial charge in [-0.2, -0.15) is 4.68 Å². The standard InChI is InChI=1S/C20H18N6O2/c1-13-8-9-16(14(2)10-13)22-17(27)11-25-12-21-19-18(20(25)28)23-24-26(19)15-6-4-3-5-7-15/h3-10,12H,11H2,1-2H3,(H,22,27). The van der Waals surface area contributed by atoms with Gasteiger partial charge in [0, 0.05) is 5.69 Å². The number of rotatable bonds is 4. The van der Waals surface area contributed by atoms with E-state index in [4.69, 9.17) is 0 Å². The van der Waals surface area contributed by atoms with E-state index in [1.807, 2.05) is 62.4 Å². The van der Waals surface area contributed by atoms with Crippen LogP contribution in [0, 0.1) is 13.8 Å². The molecule has 28 heavy (non-hydrogen) atoms. The van der Waals surface area contributed by atoms with Gasteiger partial charge < -0.3 is 5.32 Å². The number of aryl methyl sites for hydroxylation is 2. The van der Waals surface area contributed by atoms with Crippen LogP contribution in [0.5, 0.6) is 0 Å².